The first-order valence-corrected chi connectivity index (χ1v) is 16.8. The number of carbonyl (C=O) groups excluding carboxylic acids is 2. The highest BCUT2D eigenvalue weighted by Gasteiger charge is 2.52. The molecule has 1 saturated carbocycles. The molecule has 1 aliphatic carbocycles. The molecule has 4 heterocycles. The van der Waals surface area contributed by atoms with Crippen LogP contribution in [0.15, 0.2) is 34.8 Å². The predicted molar refractivity (Wildman–Crippen MR) is 155 cm³/mol. The minimum absolute atomic E-state index is 0.0592. The third kappa shape index (κ3) is 6.39. The molecule has 0 unspecified atom stereocenters. The van der Waals surface area contributed by atoms with Gasteiger partial charge in [0.15, 0.2) is 6.29 Å². The van der Waals surface area contributed by atoms with Crippen LogP contribution in [0.2, 0.25) is 0 Å². The molecule has 2 saturated heterocycles. The lowest BCUT2D eigenvalue weighted by atomic mass is 9.81. The summed E-state index contributed by atoms with van der Waals surface area (Å²) < 4.78 is 27.7. The summed E-state index contributed by atoms with van der Waals surface area (Å²) in [6.07, 6.45) is 8.20. The molecule has 2 atom stereocenters. The van der Waals surface area contributed by atoms with Crippen LogP contribution in [0.3, 0.4) is 0 Å². The van der Waals surface area contributed by atoms with Gasteiger partial charge in [-0.15, -0.1) is 11.3 Å². The van der Waals surface area contributed by atoms with Gasteiger partial charge in [0.05, 0.1) is 12.7 Å². The number of nitrogens with zero attached hydrogens (tertiary/aromatic N) is 4. The van der Waals surface area contributed by atoms with Crippen molar-refractivity contribution in [2.45, 2.75) is 74.1 Å². The van der Waals surface area contributed by atoms with Crippen LogP contribution in [0.25, 0.3) is 0 Å². The minimum atomic E-state index is -3.73. The van der Waals surface area contributed by atoms with Crippen LogP contribution in [-0.4, -0.2) is 107 Å². The molecule has 13 nitrogen and oxygen atoms in total. The Balaban J connectivity index is 1.43. The number of carbonyl (C=O) groups is 3. The predicted octanol–water partition coefficient (Wildman–Crippen LogP) is 1.67. The maximum absolute atomic E-state index is 13.7. The van der Waals surface area contributed by atoms with Crippen molar-refractivity contribution < 1.29 is 27.9 Å². The molecular formula is C27H39N7O6S2. The maximum atomic E-state index is 13.7. The number of hydrogen-bond acceptors (Lipinski definition) is 9. The number of piperazine rings is 1. The average Bonchev–Trinajstić information content (AvgIpc) is 3.75. The largest absolute Gasteiger partial charge is 0.465 e. The van der Waals surface area contributed by atoms with Gasteiger partial charge in [0.1, 0.15) is 16.6 Å². The molecule has 2 amide bonds. The van der Waals surface area contributed by atoms with Crippen LogP contribution in [0.1, 0.15) is 49.8 Å². The summed E-state index contributed by atoms with van der Waals surface area (Å²) in [6.45, 7) is 1.01. The normalized spacial score (nSPS) is 23.3. The van der Waals surface area contributed by atoms with Crippen LogP contribution in [0.4, 0.5) is 4.79 Å². The number of hydrogen-bond donors (Lipinski definition) is 4. The van der Waals surface area contributed by atoms with E-state index in [0.29, 0.717) is 19.4 Å². The summed E-state index contributed by atoms with van der Waals surface area (Å²) in [6, 6.07) is 2.97. The molecular weight excluding hydrogens is 582 g/mol. The highest BCUT2D eigenvalue weighted by Crippen LogP contribution is 2.36. The number of thiophene rings is 1. The third-order valence-corrected chi connectivity index (χ3v) is 11.6. The number of nitrogens with one attached hydrogen (secondary N) is 3. The number of sulfonamides is 1. The van der Waals surface area contributed by atoms with Crippen molar-refractivity contribution in [3.63, 3.8) is 0 Å². The molecule has 42 heavy (non-hydrogen) atoms. The zero-order valence-electron chi connectivity index (χ0n) is 23.5. The molecule has 230 valence electrons. The second-order valence-electron chi connectivity index (χ2n) is 11.3. The molecule has 3 fully saturated rings. The number of aldehydes is 1. The summed E-state index contributed by atoms with van der Waals surface area (Å²) >= 11 is 1.51. The standard InChI is InChI=1S/C27H39N7O6S2/c35-19-27(31-21-5-2-1-3-6-21,20-8-10-33(11-9-20)42(39,40)23-16-29-30-17-23)34-13-12-32(26(37)38)18-24(34)25(36)28-15-22-7-4-14-41-22/h4,7,14,16-17,19-21,24,31H,1-3,5-6,8-13,15,18H2,(H,28,36)(H,29,30)(H,37,38)/t24-,27-/m0/s1. The highest BCUT2D eigenvalue weighted by molar-refractivity contribution is 7.89. The first-order valence-electron chi connectivity index (χ1n) is 14.5. The molecule has 3 aliphatic rings. The van der Waals surface area contributed by atoms with Gasteiger partial charge in [0.2, 0.25) is 15.9 Å². The van der Waals surface area contributed by atoms with E-state index < -0.39 is 27.8 Å². The molecule has 0 spiro atoms. The van der Waals surface area contributed by atoms with Gasteiger partial charge < -0.3 is 15.3 Å². The third-order valence-electron chi connectivity index (χ3n) is 8.85. The molecule has 2 aromatic rings. The Morgan fingerprint density at radius 3 is 2.52 bits per heavy atom. The first-order chi connectivity index (χ1) is 20.2. The van der Waals surface area contributed by atoms with Gasteiger partial charge in [-0.1, -0.05) is 25.3 Å². The van der Waals surface area contributed by atoms with Crippen molar-refractivity contribution in [3.05, 3.63) is 34.8 Å². The van der Waals surface area contributed by atoms with Gasteiger partial charge >= 0.3 is 6.09 Å². The number of rotatable bonds is 10. The molecule has 0 bridgehead atoms. The second kappa shape index (κ2) is 13.2. The van der Waals surface area contributed by atoms with E-state index in [0.717, 1.165) is 43.3 Å². The van der Waals surface area contributed by atoms with E-state index in [-0.39, 0.29) is 55.5 Å². The van der Waals surface area contributed by atoms with Crippen LogP contribution in [0, 0.1) is 5.92 Å². The molecule has 0 aromatic carbocycles. The van der Waals surface area contributed by atoms with Gasteiger partial charge in [-0.2, -0.15) is 9.40 Å². The lowest BCUT2D eigenvalue weighted by Gasteiger charge is -2.54. The lowest BCUT2D eigenvalue weighted by Crippen LogP contribution is -2.75. The number of aromatic nitrogens is 2. The average molecular weight is 622 g/mol. The van der Waals surface area contributed by atoms with Gasteiger partial charge in [-0.25, -0.2) is 13.2 Å². The van der Waals surface area contributed by atoms with Crippen molar-refractivity contribution in [3.8, 4) is 0 Å². The highest BCUT2D eigenvalue weighted by atomic mass is 32.2. The van der Waals surface area contributed by atoms with E-state index in [4.69, 9.17) is 0 Å². The van der Waals surface area contributed by atoms with Gasteiger partial charge in [0, 0.05) is 55.8 Å². The smallest absolute Gasteiger partial charge is 0.407 e. The fraction of sp³-hybridized carbons (Fsp3) is 0.630. The van der Waals surface area contributed by atoms with E-state index in [1.807, 2.05) is 22.4 Å². The maximum Gasteiger partial charge on any atom is 0.407 e. The van der Waals surface area contributed by atoms with Gasteiger partial charge in [-0.3, -0.25) is 24.9 Å². The molecule has 15 heteroatoms. The molecule has 5 rings (SSSR count). The van der Waals surface area contributed by atoms with Crippen LogP contribution < -0.4 is 10.6 Å². The summed E-state index contributed by atoms with van der Waals surface area (Å²) in [4.78, 5) is 43.2. The van der Waals surface area contributed by atoms with Crippen molar-refractivity contribution >= 4 is 39.6 Å². The number of carboxylic acid groups (broad SMARTS) is 1. The second-order valence-corrected chi connectivity index (χ2v) is 14.2. The van der Waals surface area contributed by atoms with Crippen LogP contribution in [0.5, 0.6) is 0 Å². The topological polar surface area (TPSA) is 168 Å². The SMILES string of the molecule is O=C[C@@](NC1CCCCC1)(C1CCN(S(=O)(=O)c2cn[nH]c2)CC1)N1CCN(C(=O)O)C[C@H]1C(=O)NCc1cccs1. The van der Waals surface area contributed by atoms with Crippen molar-refractivity contribution in [1.82, 2.24) is 34.9 Å². The van der Waals surface area contributed by atoms with Crippen molar-refractivity contribution in [1.29, 1.82) is 0 Å². The van der Waals surface area contributed by atoms with Crippen LogP contribution in [-0.2, 0) is 26.2 Å². The summed E-state index contributed by atoms with van der Waals surface area (Å²) in [5.74, 6) is -0.636. The van der Waals surface area contributed by atoms with E-state index in [1.54, 1.807) is 0 Å². The zero-order chi connectivity index (χ0) is 29.7. The van der Waals surface area contributed by atoms with Crippen molar-refractivity contribution in [2.75, 3.05) is 32.7 Å². The fourth-order valence-electron chi connectivity index (χ4n) is 6.60. The molecule has 4 N–H and O–H groups in total. The molecule has 2 aromatic heterocycles. The Kier molecular flexibility index (Phi) is 9.62. The summed E-state index contributed by atoms with van der Waals surface area (Å²) in [5.41, 5.74) is -1.26. The Morgan fingerprint density at radius 1 is 1.14 bits per heavy atom. The Hall–Kier alpha value is -2.85. The van der Waals surface area contributed by atoms with Gasteiger partial charge in [0.25, 0.3) is 0 Å². The quantitative estimate of drug-likeness (QED) is 0.289. The van der Waals surface area contributed by atoms with E-state index >= 15 is 0 Å². The number of amides is 2. The van der Waals surface area contributed by atoms with Crippen LogP contribution >= 0.6 is 11.3 Å². The van der Waals surface area contributed by atoms with Crippen molar-refractivity contribution in [2.24, 2.45) is 5.92 Å². The summed E-state index contributed by atoms with van der Waals surface area (Å²) in [7, 11) is -3.73. The number of aromatic amines is 1. The monoisotopic (exact) mass is 621 g/mol. The Bertz CT molecular complexity index is 1310. The lowest BCUT2D eigenvalue weighted by molar-refractivity contribution is -0.146. The Morgan fingerprint density at radius 2 is 1.90 bits per heavy atom. The molecule has 2 aliphatic heterocycles. The molecule has 0 radical (unpaired) electrons. The zero-order valence-corrected chi connectivity index (χ0v) is 25.1. The van der Waals surface area contributed by atoms with E-state index in [9.17, 15) is 27.9 Å². The Labute approximate surface area is 249 Å². The van der Waals surface area contributed by atoms with E-state index in [2.05, 4.69) is 20.8 Å². The first kappa shape index (κ1) is 30.6. The minimum Gasteiger partial charge on any atom is -0.465 e. The fourth-order valence-corrected chi connectivity index (χ4v) is 8.62. The number of H-pyrrole nitrogens is 1. The summed E-state index contributed by atoms with van der Waals surface area (Å²) in [5, 5.41) is 24.7. The van der Waals surface area contributed by atoms with Gasteiger partial charge in [-0.05, 0) is 37.1 Å². The van der Waals surface area contributed by atoms with E-state index in [1.165, 1.54) is 32.9 Å². The number of piperidine rings is 1.